The van der Waals surface area contributed by atoms with Crippen LogP contribution in [0.25, 0.3) is 0 Å². The molecule has 0 aliphatic carbocycles. The molecule has 1 aromatic rings. The van der Waals surface area contributed by atoms with Crippen molar-refractivity contribution >= 4 is 33.7 Å². The molecule has 0 unspecified atom stereocenters. The van der Waals surface area contributed by atoms with Crippen LogP contribution in [-0.4, -0.2) is 35.9 Å². The Hall–Kier alpha value is -1.76. The smallest absolute Gasteiger partial charge is 0.415 e. The van der Waals surface area contributed by atoms with Gasteiger partial charge in [0.15, 0.2) is 0 Å². The van der Waals surface area contributed by atoms with Crippen LogP contribution in [0.2, 0.25) is 0 Å². The van der Waals surface area contributed by atoms with Gasteiger partial charge in [-0.2, -0.15) is 0 Å². The topological polar surface area (TPSA) is 76.1 Å². The predicted octanol–water partition coefficient (Wildman–Crippen LogP) is 3.67. The Morgan fingerprint density at radius 1 is 1.32 bits per heavy atom. The van der Waals surface area contributed by atoms with Crippen molar-refractivity contribution in [3.63, 3.8) is 0 Å². The van der Waals surface area contributed by atoms with Gasteiger partial charge in [-0.15, -0.1) is 0 Å². The third kappa shape index (κ3) is 4.62. The summed E-state index contributed by atoms with van der Waals surface area (Å²) in [5.74, 6) is -0.768. The Bertz CT molecular complexity index is 568. The molecule has 0 spiro atoms. The highest BCUT2D eigenvalue weighted by molar-refractivity contribution is 9.10. The quantitative estimate of drug-likeness (QED) is 0.870. The summed E-state index contributed by atoms with van der Waals surface area (Å²) < 4.78 is 11.2. The molecule has 1 N–H and O–H groups in total. The lowest BCUT2D eigenvalue weighted by Crippen LogP contribution is -2.46. The molecule has 0 saturated carbocycles. The Balaban J connectivity index is 3.35. The highest BCUT2D eigenvalue weighted by atomic mass is 79.9. The SMILES string of the molecule is COc1ccc(Br)cc1N(C(=O)OC(C)(C)C)[C@H](C)C(=O)O. The van der Waals surface area contributed by atoms with Crippen LogP contribution >= 0.6 is 15.9 Å². The van der Waals surface area contributed by atoms with Crippen LogP contribution in [0.3, 0.4) is 0 Å². The van der Waals surface area contributed by atoms with E-state index in [0.29, 0.717) is 15.9 Å². The molecule has 0 bridgehead atoms. The first kappa shape index (κ1) is 18.3. The fourth-order valence-electron chi connectivity index (χ4n) is 1.74. The Morgan fingerprint density at radius 2 is 1.91 bits per heavy atom. The van der Waals surface area contributed by atoms with Crippen molar-refractivity contribution in [1.82, 2.24) is 0 Å². The minimum atomic E-state index is -1.15. The maximum atomic E-state index is 12.5. The van der Waals surface area contributed by atoms with E-state index < -0.39 is 23.7 Å². The van der Waals surface area contributed by atoms with Gasteiger partial charge in [0.1, 0.15) is 17.4 Å². The summed E-state index contributed by atoms with van der Waals surface area (Å²) in [5.41, 5.74) is -0.423. The molecule has 0 aliphatic rings. The first-order valence-electron chi connectivity index (χ1n) is 6.65. The van der Waals surface area contributed by atoms with Crippen LogP contribution in [0.4, 0.5) is 10.5 Å². The second-order valence-electron chi connectivity index (χ2n) is 5.68. The number of hydrogen-bond acceptors (Lipinski definition) is 4. The molecule has 1 atom stereocenters. The molecule has 1 amide bonds. The first-order chi connectivity index (χ1) is 10.1. The van der Waals surface area contributed by atoms with E-state index in [1.165, 1.54) is 14.0 Å². The second kappa shape index (κ2) is 7.00. The summed E-state index contributed by atoms with van der Waals surface area (Å²) >= 11 is 3.31. The summed E-state index contributed by atoms with van der Waals surface area (Å²) in [5, 5.41) is 9.29. The third-order valence-corrected chi connectivity index (χ3v) is 3.23. The average molecular weight is 374 g/mol. The zero-order chi connectivity index (χ0) is 17.1. The number of carbonyl (C=O) groups is 2. The monoisotopic (exact) mass is 373 g/mol. The van der Waals surface area contributed by atoms with E-state index in [2.05, 4.69) is 15.9 Å². The molecule has 1 rings (SSSR count). The molecule has 1 aromatic carbocycles. The van der Waals surface area contributed by atoms with E-state index in [1.807, 2.05) is 0 Å². The molecular weight excluding hydrogens is 354 g/mol. The fourth-order valence-corrected chi connectivity index (χ4v) is 2.09. The van der Waals surface area contributed by atoms with E-state index in [4.69, 9.17) is 9.47 Å². The number of carboxylic acid groups (broad SMARTS) is 1. The molecule has 6 nitrogen and oxygen atoms in total. The number of hydrogen-bond donors (Lipinski definition) is 1. The largest absolute Gasteiger partial charge is 0.495 e. The number of benzene rings is 1. The average Bonchev–Trinajstić information content (AvgIpc) is 2.36. The van der Waals surface area contributed by atoms with Crippen LogP contribution in [0.15, 0.2) is 22.7 Å². The molecular formula is C15H20BrNO5. The van der Waals surface area contributed by atoms with E-state index in [-0.39, 0.29) is 0 Å². The van der Waals surface area contributed by atoms with Gasteiger partial charge < -0.3 is 14.6 Å². The number of halogens is 1. The number of anilines is 1. The maximum Gasteiger partial charge on any atom is 0.415 e. The van der Waals surface area contributed by atoms with Crippen LogP contribution < -0.4 is 9.64 Å². The highest BCUT2D eigenvalue weighted by Crippen LogP contribution is 2.33. The Morgan fingerprint density at radius 3 is 2.36 bits per heavy atom. The minimum absolute atomic E-state index is 0.320. The Labute approximate surface area is 138 Å². The Kier molecular flexibility index (Phi) is 5.82. The summed E-state index contributed by atoms with van der Waals surface area (Å²) in [7, 11) is 1.45. The lowest BCUT2D eigenvalue weighted by Gasteiger charge is -2.30. The molecule has 0 aromatic heterocycles. The van der Waals surface area contributed by atoms with Gasteiger partial charge in [0, 0.05) is 4.47 Å². The van der Waals surface area contributed by atoms with Gasteiger partial charge >= 0.3 is 12.1 Å². The highest BCUT2D eigenvalue weighted by Gasteiger charge is 2.33. The maximum absolute atomic E-state index is 12.5. The summed E-state index contributed by atoms with van der Waals surface area (Å²) in [6.07, 6.45) is -0.751. The zero-order valence-corrected chi connectivity index (χ0v) is 14.8. The first-order valence-corrected chi connectivity index (χ1v) is 7.44. The standard InChI is InChI=1S/C15H20BrNO5/c1-9(13(18)19)17(14(20)22-15(2,3)4)11-8-10(16)6-7-12(11)21-5/h6-9H,1-5H3,(H,18,19)/t9-/m1/s1. The van der Waals surface area contributed by atoms with Gasteiger partial charge in [0.05, 0.1) is 12.8 Å². The molecule has 122 valence electrons. The van der Waals surface area contributed by atoms with Crippen molar-refractivity contribution in [1.29, 1.82) is 0 Å². The van der Waals surface area contributed by atoms with E-state index in [1.54, 1.807) is 39.0 Å². The molecule has 0 aliphatic heterocycles. The van der Waals surface area contributed by atoms with Crippen molar-refractivity contribution in [3.8, 4) is 5.75 Å². The summed E-state index contributed by atoms with van der Waals surface area (Å²) in [6, 6.07) is 3.88. The number of carbonyl (C=O) groups excluding carboxylic acids is 1. The van der Waals surface area contributed by atoms with Crippen LogP contribution in [-0.2, 0) is 9.53 Å². The van der Waals surface area contributed by atoms with Gasteiger partial charge in [-0.1, -0.05) is 15.9 Å². The predicted molar refractivity (Wildman–Crippen MR) is 86.5 cm³/mol. The molecule has 0 heterocycles. The van der Waals surface area contributed by atoms with Gasteiger partial charge in [-0.3, -0.25) is 4.90 Å². The van der Waals surface area contributed by atoms with E-state index in [9.17, 15) is 14.7 Å². The van der Waals surface area contributed by atoms with Gasteiger partial charge in [-0.25, -0.2) is 9.59 Å². The number of ether oxygens (including phenoxy) is 2. The van der Waals surface area contributed by atoms with Crippen molar-refractivity contribution in [2.45, 2.75) is 39.3 Å². The number of amides is 1. The number of aliphatic carboxylic acids is 1. The van der Waals surface area contributed by atoms with Crippen molar-refractivity contribution in [2.75, 3.05) is 12.0 Å². The molecule has 0 fully saturated rings. The lowest BCUT2D eigenvalue weighted by atomic mass is 10.2. The number of rotatable bonds is 4. The van der Waals surface area contributed by atoms with E-state index >= 15 is 0 Å². The normalized spacial score (nSPS) is 12.5. The third-order valence-electron chi connectivity index (χ3n) is 2.74. The summed E-state index contributed by atoms with van der Waals surface area (Å²) in [4.78, 5) is 24.9. The lowest BCUT2D eigenvalue weighted by molar-refractivity contribution is -0.138. The van der Waals surface area contributed by atoms with Gasteiger partial charge in [0.2, 0.25) is 0 Å². The van der Waals surface area contributed by atoms with Gasteiger partial charge in [0.25, 0.3) is 0 Å². The molecule has 0 radical (unpaired) electrons. The second-order valence-corrected chi connectivity index (χ2v) is 6.60. The van der Waals surface area contributed by atoms with E-state index in [0.717, 1.165) is 4.90 Å². The number of methoxy groups -OCH3 is 1. The zero-order valence-electron chi connectivity index (χ0n) is 13.2. The fraction of sp³-hybridized carbons (Fsp3) is 0.467. The summed E-state index contributed by atoms with van der Waals surface area (Å²) in [6.45, 7) is 6.55. The van der Waals surface area contributed by atoms with Crippen molar-refractivity contribution < 1.29 is 24.2 Å². The van der Waals surface area contributed by atoms with Crippen LogP contribution in [0.1, 0.15) is 27.7 Å². The molecule has 0 saturated heterocycles. The van der Waals surface area contributed by atoms with Crippen LogP contribution in [0, 0.1) is 0 Å². The van der Waals surface area contributed by atoms with Crippen molar-refractivity contribution in [3.05, 3.63) is 22.7 Å². The number of nitrogens with zero attached hydrogens (tertiary/aromatic N) is 1. The van der Waals surface area contributed by atoms with Crippen LogP contribution in [0.5, 0.6) is 5.75 Å². The molecule has 7 heteroatoms. The number of carboxylic acids is 1. The van der Waals surface area contributed by atoms with Gasteiger partial charge in [-0.05, 0) is 45.9 Å². The molecule has 22 heavy (non-hydrogen) atoms. The van der Waals surface area contributed by atoms with Crippen molar-refractivity contribution in [2.24, 2.45) is 0 Å². The minimum Gasteiger partial charge on any atom is -0.495 e.